The van der Waals surface area contributed by atoms with E-state index in [9.17, 15) is 4.79 Å². The van der Waals surface area contributed by atoms with Gasteiger partial charge in [0.1, 0.15) is 0 Å². The maximum absolute atomic E-state index is 12.4. The Kier molecular flexibility index (Phi) is 5.05. The van der Waals surface area contributed by atoms with Gasteiger partial charge < -0.3 is 15.0 Å². The lowest BCUT2D eigenvalue weighted by Gasteiger charge is -2.30. The average molecular weight is 310 g/mol. The zero-order chi connectivity index (χ0) is 16.1. The number of benzene rings is 2. The fraction of sp³-hybridized carbons (Fsp3) is 0.316. The van der Waals surface area contributed by atoms with Gasteiger partial charge in [-0.1, -0.05) is 42.5 Å². The van der Waals surface area contributed by atoms with E-state index in [1.165, 1.54) is 0 Å². The highest BCUT2D eigenvalue weighted by molar-refractivity contribution is 5.95. The van der Waals surface area contributed by atoms with Gasteiger partial charge in [0.25, 0.3) is 5.91 Å². The second-order valence-electron chi connectivity index (χ2n) is 5.91. The van der Waals surface area contributed by atoms with Crippen molar-refractivity contribution in [3.63, 3.8) is 0 Å². The monoisotopic (exact) mass is 310 g/mol. The summed E-state index contributed by atoms with van der Waals surface area (Å²) in [5.74, 6) is -0.0559. The molecule has 2 aromatic carbocycles. The third kappa shape index (κ3) is 4.18. The predicted molar refractivity (Wildman–Crippen MR) is 91.4 cm³/mol. The molecule has 0 radical (unpaired) electrons. The van der Waals surface area contributed by atoms with Crippen LogP contribution in [0.25, 0.3) is 11.1 Å². The van der Waals surface area contributed by atoms with Gasteiger partial charge in [0.05, 0.1) is 12.7 Å². The summed E-state index contributed by atoms with van der Waals surface area (Å²) < 4.78 is 5.67. The van der Waals surface area contributed by atoms with Crippen molar-refractivity contribution >= 4 is 5.91 Å². The Morgan fingerprint density at radius 2 is 1.96 bits per heavy atom. The molecule has 1 fully saturated rings. The van der Waals surface area contributed by atoms with Crippen molar-refractivity contribution in [2.75, 3.05) is 33.3 Å². The number of carbonyl (C=O) groups is 1. The number of likely N-dealkylation sites (N-methyl/N-ethyl adjacent to an activating group) is 1. The van der Waals surface area contributed by atoms with E-state index in [0.717, 1.165) is 30.8 Å². The van der Waals surface area contributed by atoms with Gasteiger partial charge in [-0.15, -0.1) is 0 Å². The highest BCUT2D eigenvalue weighted by atomic mass is 16.5. The van der Waals surface area contributed by atoms with E-state index in [2.05, 4.69) is 17.3 Å². The van der Waals surface area contributed by atoms with Gasteiger partial charge in [0, 0.05) is 25.2 Å². The molecule has 1 heterocycles. The summed E-state index contributed by atoms with van der Waals surface area (Å²) in [6.07, 6.45) is 0.0648. The summed E-state index contributed by atoms with van der Waals surface area (Å²) in [7, 11) is 2.07. The molecular weight excluding hydrogens is 288 g/mol. The Labute approximate surface area is 137 Å². The molecule has 1 atom stereocenters. The lowest BCUT2D eigenvalue weighted by molar-refractivity contribution is -0.0175. The molecule has 4 nitrogen and oxygen atoms in total. The van der Waals surface area contributed by atoms with Gasteiger partial charge in [-0.2, -0.15) is 0 Å². The third-order valence-corrected chi connectivity index (χ3v) is 4.06. The summed E-state index contributed by atoms with van der Waals surface area (Å²) in [5.41, 5.74) is 2.84. The molecule has 0 saturated carbocycles. The van der Waals surface area contributed by atoms with Gasteiger partial charge in [-0.3, -0.25) is 4.79 Å². The van der Waals surface area contributed by atoms with Crippen LogP contribution in [-0.4, -0.2) is 50.2 Å². The number of nitrogens with zero attached hydrogens (tertiary/aromatic N) is 1. The SMILES string of the molecule is CN1CCOC(CNC(=O)c2cccc(-c3ccccc3)c2)C1. The zero-order valence-electron chi connectivity index (χ0n) is 13.4. The molecule has 1 aliphatic heterocycles. The van der Waals surface area contributed by atoms with Crippen LogP contribution in [0.5, 0.6) is 0 Å². The quantitative estimate of drug-likeness (QED) is 0.943. The predicted octanol–water partition coefficient (Wildman–Crippen LogP) is 2.41. The number of hydrogen-bond donors (Lipinski definition) is 1. The van der Waals surface area contributed by atoms with Crippen LogP contribution >= 0.6 is 0 Å². The van der Waals surface area contributed by atoms with E-state index < -0.39 is 0 Å². The van der Waals surface area contributed by atoms with Crippen molar-refractivity contribution in [3.05, 3.63) is 60.2 Å². The minimum atomic E-state index is -0.0559. The largest absolute Gasteiger partial charge is 0.374 e. The molecule has 1 amide bonds. The van der Waals surface area contributed by atoms with Crippen LogP contribution in [0.1, 0.15) is 10.4 Å². The number of nitrogens with one attached hydrogen (secondary N) is 1. The summed E-state index contributed by atoms with van der Waals surface area (Å²) in [6, 6.07) is 17.8. The Bertz CT molecular complexity index is 657. The van der Waals surface area contributed by atoms with Crippen LogP contribution in [0, 0.1) is 0 Å². The normalized spacial score (nSPS) is 18.6. The van der Waals surface area contributed by atoms with Crippen molar-refractivity contribution in [2.24, 2.45) is 0 Å². The van der Waals surface area contributed by atoms with Gasteiger partial charge in [0.2, 0.25) is 0 Å². The fourth-order valence-corrected chi connectivity index (χ4v) is 2.77. The topological polar surface area (TPSA) is 41.6 Å². The maximum Gasteiger partial charge on any atom is 0.251 e. The molecule has 0 bridgehead atoms. The maximum atomic E-state index is 12.4. The van der Waals surface area contributed by atoms with Gasteiger partial charge in [-0.25, -0.2) is 0 Å². The van der Waals surface area contributed by atoms with Crippen molar-refractivity contribution in [1.82, 2.24) is 10.2 Å². The highest BCUT2D eigenvalue weighted by Crippen LogP contribution is 2.19. The van der Waals surface area contributed by atoms with Crippen LogP contribution in [0.2, 0.25) is 0 Å². The molecule has 1 N–H and O–H groups in total. The molecule has 1 saturated heterocycles. The van der Waals surface area contributed by atoms with E-state index in [1.54, 1.807) is 0 Å². The minimum Gasteiger partial charge on any atom is -0.374 e. The van der Waals surface area contributed by atoms with Crippen molar-refractivity contribution < 1.29 is 9.53 Å². The summed E-state index contributed by atoms with van der Waals surface area (Å²) in [4.78, 5) is 14.6. The Morgan fingerprint density at radius 1 is 1.17 bits per heavy atom. The first-order chi connectivity index (χ1) is 11.2. The molecule has 23 heavy (non-hydrogen) atoms. The van der Waals surface area contributed by atoms with E-state index in [0.29, 0.717) is 12.1 Å². The molecule has 0 spiro atoms. The molecule has 2 aromatic rings. The van der Waals surface area contributed by atoms with Gasteiger partial charge >= 0.3 is 0 Å². The Hall–Kier alpha value is -2.17. The van der Waals surface area contributed by atoms with E-state index in [4.69, 9.17) is 4.74 Å². The van der Waals surface area contributed by atoms with Crippen molar-refractivity contribution in [3.8, 4) is 11.1 Å². The molecule has 0 aromatic heterocycles. The van der Waals surface area contributed by atoms with Crippen LogP contribution in [0.4, 0.5) is 0 Å². The third-order valence-electron chi connectivity index (χ3n) is 4.06. The average Bonchev–Trinajstić information content (AvgIpc) is 2.61. The lowest BCUT2D eigenvalue weighted by atomic mass is 10.0. The van der Waals surface area contributed by atoms with Crippen molar-refractivity contribution in [2.45, 2.75) is 6.10 Å². The standard InChI is InChI=1S/C19H22N2O2/c1-21-10-11-23-18(14-21)13-20-19(22)17-9-5-8-16(12-17)15-6-3-2-4-7-15/h2-9,12,18H,10-11,13-14H2,1H3,(H,20,22). The molecule has 4 heteroatoms. The molecule has 1 unspecified atom stereocenters. The molecule has 1 aliphatic rings. The highest BCUT2D eigenvalue weighted by Gasteiger charge is 2.18. The fourth-order valence-electron chi connectivity index (χ4n) is 2.77. The number of rotatable bonds is 4. The first-order valence-electron chi connectivity index (χ1n) is 7.96. The minimum absolute atomic E-state index is 0.0559. The van der Waals surface area contributed by atoms with Crippen LogP contribution in [-0.2, 0) is 4.74 Å². The number of amides is 1. The van der Waals surface area contributed by atoms with Crippen molar-refractivity contribution in [1.29, 1.82) is 0 Å². The van der Waals surface area contributed by atoms with Gasteiger partial charge in [-0.05, 0) is 30.3 Å². The zero-order valence-corrected chi connectivity index (χ0v) is 13.4. The van der Waals surface area contributed by atoms with Crippen LogP contribution < -0.4 is 5.32 Å². The van der Waals surface area contributed by atoms with E-state index in [1.807, 2.05) is 54.6 Å². The second-order valence-corrected chi connectivity index (χ2v) is 5.91. The Balaban J connectivity index is 1.63. The first kappa shape index (κ1) is 15.7. The molecule has 120 valence electrons. The molecule has 0 aliphatic carbocycles. The lowest BCUT2D eigenvalue weighted by Crippen LogP contribution is -2.45. The molecule has 3 rings (SSSR count). The number of hydrogen-bond acceptors (Lipinski definition) is 3. The Morgan fingerprint density at radius 3 is 2.74 bits per heavy atom. The second kappa shape index (κ2) is 7.40. The van der Waals surface area contributed by atoms with Crippen LogP contribution in [0.3, 0.4) is 0 Å². The summed E-state index contributed by atoms with van der Waals surface area (Å²) in [5, 5.41) is 2.98. The van der Waals surface area contributed by atoms with Crippen LogP contribution in [0.15, 0.2) is 54.6 Å². The number of carbonyl (C=O) groups excluding carboxylic acids is 1. The number of morpholine rings is 1. The van der Waals surface area contributed by atoms with E-state index >= 15 is 0 Å². The smallest absolute Gasteiger partial charge is 0.251 e. The first-order valence-corrected chi connectivity index (χ1v) is 7.96. The summed E-state index contributed by atoms with van der Waals surface area (Å²) in [6.45, 7) is 3.06. The molecular formula is C19H22N2O2. The summed E-state index contributed by atoms with van der Waals surface area (Å²) >= 11 is 0. The van der Waals surface area contributed by atoms with E-state index in [-0.39, 0.29) is 12.0 Å². The number of ether oxygens (including phenoxy) is 1. The van der Waals surface area contributed by atoms with Gasteiger partial charge in [0.15, 0.2) is 0 Å².